The first-order valence-electron chi connectivity index (χ1n) is 6.66. The van der Waals surface area contributed by atoms with Gasteiger partial charge in [-0.25, -0.2) is 19.9 Å². The molecule has 0 saturated carbocycles. The molecule has 0 amide bonds. The maximum absolute atomic E-state index is 11.6. The molecule has 0 spiro atoms. The van der Waals surface area contributed by atoms with Gasteiger partial charge in [-0.05, 0) is 12.1 Å². The van der Waals surface area contributed by atoms with Crippen molar-refractivity contribution < 1.29 is 4.92 Å². The first kappa shape index (κ1) is 13.1. The van der Waals surface area contributed by atoms with Crippen LogP contribution in [0.2, 0.25) is 0 Å². The number of nitrogens with zero attached hydrogens (tertiary/aromatic N) is 7. The van der Waals surface area contributed by atoms with Gasteiger partial charge < -0.3 is 0 Å². The van der Waals surface area contributed by atoms with Crippen LogP contribution in [-0.2, 0) is 0 Å². The number of hydrogen-bond acceptors (Lipinski definition) is 6. The molecule has 0 aliphatic carbocycles. The first-order valence-corrected chi connectivity index (χ1v) is 6.66. The third-order valence-corrected chi connectivity index (χ3v) is 3.40. The van der Waals surface area contributed by atoms with Crippen LogP contribution in [0.4, 0.5) is 5.69 Å². The van der Waals surface area contributed by atoms with Gasteiger partial charge in [0.15, 0.2) is 0 Å². The second-order valence-electron chi connectivity index (χ2n) is 4.70. The molecule has 0 saturated heterocycles. The molecule has 0 aliphatic rings. The third kappa shape index (κ3) is 2.02. The molecule has 4 rings (SSSR count). The Labute approximate surface area is 129 Å². The Balaban J connectivity index is 2.03. The molecule has 0 fully saturated rings. The van der Waals surface area contributed by atoms with Gasteiger partial charge in [-0.15, -0.1) is 0 Å². The number of benzene rings is 1. The van der Waals surface area contributed by atoms with Gasteiger partial charge in [0.2, 0.25) is 11.6 Å². The van der Waals surface area contributed by atoms with Gasteiger partial charge in [-0.3, -0.25) is 19.2 Å². The highest BCUT2D eigenvalue weighted by Crippen LogP contribution is 2.28. The summed E-state index contributed by atoms with van der Waals surface area (Å²) in [7, 11) is 0. The molecular weight excluding hydrogens is 298 g/mol. The lowest BCUT2D eigenvalue weighted by molar-refractivity contribution is -0.384. The van der Waals surface area contributed by atoms with Crippen LogP contribution >= 0.6 is 0 Å². The fourth-order valence-corrected chi connectivity index (χ4v) is 2.40. The van der Waals surface area contributed by atoms with Gasteiger partial charge in [0.1, 0.15) is 19.0 Å². The number of rotatable bonds is 3. The standard InChI is InChI=1S/C14H9N7O2/c22-21(23)12-13(19-6-5-15-8-19)16-7-17-14(12)20-9-18-10-3-1-2-4-11(10)20/h1-9H. The highest BCUT2D eigenvalue weighted by atomic mass is 16.6. The van der Waals surface area contributed by atoms with Crippen LogP contribution in [-0.4, -0.2) is 34.0 Å². The number of para-hydroxylation sites is 2. The minimum atomic E-state index is -0.501. The van der Waals surface area contributed by atoms with Crippen LogP contribution in [0.15, 0.2) is 55.6 Å². The summed E-state index contributed by atoms with van der Waals surface area (Å²) in [5.74, 6) is 0.303. The molecule has 0 N–H and O–H groups in total. The monoisotopic (exact) mass is 307 g/mol. The van der Waals surface area contributed by atoms with Crippen molar-refractivity contribution in [3.8, 4) is 11.6 Å². The molecule has 0 bridgehead atoms. The number of hydrogen-bond donors (Lipinski definition) is 0. The van der Waals surface area contributed by atoms with E-state index in [1.165, 1.54) is 29.7 Å². The van der Waals surface area contributed by atoms with E-state index in [2.05, 4.69) is 19.9 Å². The zero-order valence-electron chi connectivity index (χ0n) is 11.6. The summed E-state index contributed by atoms with van der Waals surface area (Å²) in [6.45, 7) is 0. The van der Waals surface area contributed by atoms with Crippen LogP contribution in [0.25, 0.3) is 22.7 Å². The molecule has 0 unspecified atom stereocenters. The Morgan fingerprint density at radius 1 is 1.04 bits per heavy atom. The van der Waals surface area contributed by atoms with E-state index in [9.17, 15) is 10.1 Å². The predicted molar refractivity (Wildman–Crippen MR) is 80.4 cm³/mol. The molecule has 23 heavy (non-hydrogen) atoms. The quantitative estimate of drug-likeness (QED) is 0.423. The van der Waals surface area contributed by atoms with E-state index in [1.807, 2.05) is 24.3 Å². The van der Waals surface area contributed by atoms with E-state index in [1.54, 1.807) is 10.8 Å². The molecule has 9 nitrogen and oxygen atoms in total. The molecule has 1 aromatic carbocycles. The van der Waals surface area contributed by atoms with E-state index in [-0.39, 0.29) is 17.3 Å². The molecule has 0 radical (unpaired) electrons. The molecule has 3 heterocycles. The summed E-state index contributed by atoms with van der Waals surface area (Å²) in [6, 6.07) is 7.34. The van der Waals surface area contributed by atoms with Crippen molar-refractivity contribution in [2.75, 3.05) is 0 Å². The Bertz CT molecular complexity index is 1010. The summed E-state index contributed by atoms with van der Waals surface area (Å²) < 4.78 is 3.05. The predicted octanol–water partition coefficient (Wildman–Crippen LogP) is 1.91. The fraction of sp³-hybridized carbons (Fsp3) is 0. The maximum Gasteiger partial charge on any atom is 0.355 e. The van der Waals surface area contributed by atoms with Gasteiger partial charge in [-0.2, -0.15) is 0 Å². The van der Waals surface area contributed by atoms with Crippen LogP contribution in [0.1, 0.15) is 0 Å². The Morgan fingerprint density at radius 3 is 2.65 bits per heavy atom. The highest BCUT2D eigenvalue weighted by molar-refractivity contribution is 5.78. The smallest absolute Gasteiger partial charge is 0.285 e. The Kier molecular flexibility index (Phi) is 2.83. The summed E-state index contributed by atoms with van der Waals surface area (Å²) >= 11 is 0. The number of fused-ring (bicyclic) bond motifs is 1. The van der Waals surface area contributed by atoms with Crippen LogP contribution in [0.5, 0.6) is 0 Å². The van der Waals surface area contributed by atoms with Gasteiger partial charge in [0, 0.05) is 12.4 Å². The largest absolute Gasteiger partial charge is 0.355 e. The van der Waals surface area contributed by atoms with Gasteiger partial charge in [0.25, 0.3) is 0 Å². The van der Waals surface area contributed by atoms with Crippen LogP contribution in [0, 0.1) is 10.1 Å². The van der Waals surface area contributed by atoms with Crippen molar-refractivity contribution in [1.82, 2.24) is 29.1 Å². The van der Waals surface area contributed by atoms with Crippen molar-refractivity contribution in [2.24, 2.45) is 0 Å². The topological polar surface area (TPSA) is 105 Å². The molecule has 3 aromatic heterocycles. The minimum Gasteiger partial charge on any atom is -0.285 e. The summed E-state index contributed by atoms with van der Waals surface area (Å²) in [5.41, 5.74) is 1.24. The zero-order valence-corrected chi connectivity index (χ0v) is 11.6. The highest BCUT2D eigenvalue weighted by Gasteiger charge is 2.26. The second kappa shape index (κ2) is 4.98. The van der Waals surface area contributed by atoms with Crippen molar-refractivity contribution in [2.45, 2.75) is 0 Å². The third-order valence-electron chi connectivity index (χ3n) is 3.40. The molecule has 4 aromatic rings. The van der Waals surface area contributed by atoms with Crippen LogP contribution in [0.3, 0.4) is 0 Å². The number of imidazole rings is 2. The Hall–Kier alpha value is -3.62. The molecule has 9 heteroatoms. The number of aromatic nitrogens is 6. The summed E-state index contributed by atoms with van der Waals surface area (Å²) in [4.78, 5) is 27.4. The Morgan fingerprint density at radius 2 is 1.87 bits per heavy atom. The van der Waals surface area contributed by atoms with Crippen molar-refractivity contribution in [1.29, 1.82) is 0 Å². The lowest BCUT2D eigenvalue weighted by Crippen LogP contribution is -2.08. The molecular formula is C14H9N7O2. The second-order valence-corrected chi connectivity index (χ2v) is 4.70. The lowest BCUT2D eigenvalue weighted by atomic mass is 10.3. The van der Waals surface area contributed by atoms with Crippen molar-refractivity contribution in [3.63, 3.8) is 0 Å². The van der Waals surface area contributed by atoms with E-state index in [4.69, 9.17) is 0 Å². The van der Waals surface area contributed by atoms with E-state index < -0.39 is 4.92 Å². The molecule has 112 valence electrons. The average Bonchev–Trinajstić information content (AvgIpc) is 3.23. The first-order chi connectivity index (χ1) is 11.3. The molecule has 0 atom stereocenters. The fourth-order valence-electron chi connectivity index (χ4n) is 2.40. The van der Waals surface area contributed by atoms with Gasteiger partial charge in [0.05, 0.1) is 16.0 Å². The minimum absolute atomic E-state index is 0.148. The van der Waals surface area contributed by atoms with E-state index in [0.717, 1.165) is 11.0 Å². The van der Waals surface area contributed by atoms with Crippen molar-refractivity contribution >= 4 is 16.7 Å². The maximum atomic E-state index is 11.6. The van der Waals surface area contributed by atoms with Crippen molar-refractivity contribution in [3.05, 3.63) is 65.8 Å². The molecule has 0 aliphatic heterocycles. The van der Waals surface area contributed by atoms with Gasteiger partial charge in [-0.1, -0.05) is 12.1 Å². The van der Waals surface area contributed by atoms with Gasteiger partial charge >= 0.3 is 5.69 Å². The number of nitro groups is 1. The summed E-state index contributed by atoms with van der Waals surface area (Å²) in [6.07, 6.45) is 7.36. The summed E-state index contributed by atoms with van der Waals surface area (Å²) in [5, 5.41) is 11.6. The van der Waals surface area contributed by atoms with E-state index >= 15 is 0 Å². The lowest BCUT2D eigenvalue weighted by Gasteiger charge is -2.07. The van der Waals surface area contributed by atoms with Crippen LogP contribution < -0.4 is 0 Å². The zero-order chi connectivity index (χ0) is 15.8. The van der Waals surface area contributed by atoms with E-state index in [0.29, 0.717) is 0 Å². The SMILES string of the molecule is O=[N+]([O-])c1c(-n2ccnc2)ncnc1-n1cnc2ccccc21. The normalized spacial score (nSPS) is 11.0. The average molecular weight is 307 g/mol.